The Labute approximate surface area is 127 Å². The lowest BCUT2D eigenvalue weighted by molar-refractivity contribution is -0.138. The lowest BCUT2D eigenvalue weighted by atomic mass is 9.84. The van der Waals surface area contributed by atoms with Crippen LogP contribution in [0.15, 0.2) is 6.20 Å². The van der Waals surface area contributed by atoms with E-state index >= 15 is 0 Å². The molecule has 0 spiro atoms. The first kappa shape index (κ1) is 16.8. The van der Waals surface area contributed by atoms with E-state index in [1.54, 1.807) is 6.92 Å². The van der Waals surface area contributed by atoms with Crippen molar-refractivity contribution in [3.63, 3.8) is 0 Å². The van der Waals surface area contributed by atoms with E-state index in [0.717, 1.165) is 38.3 Å². The predicted molar refractivity (Wildman–Crippen MR) is 74.5 cm³/mol. The number of hydrogen-bond donors (Lipinski definition) is 0. The average Bonchev–Trinajstić information content (AvgIpc) is 2.92. The van der Waals surface area contributed by atoms with Gasteiger partial charge in [-0.2, -0.15) is 18.3 Å². The molecule has 1 aliphatic carbocycles. The minimum absolute atomic E-state index is 0.0269. The molecule has 1 aromatic rings. The van der Waals surface area contributed by atoms with Gasteiger partial charge in [0.2, 0.25) is 0 Å². The third kappa shape index (κ3) is 3.44. The number of aromatic nitrogens is 2. The number of hydrogen-bond acceptors (Lipinski definition) is 3. The highest BCUT2D eigenvalue weighted by atomic mass is 19.4. The molecule has 4 nitrogen and oxygen atoms in total. The van der Waals surface area contributed by atoms with Crippen LogP contribution in [0.2, 0.25) is 0 Å². The maximum absolute atomic E-state index is 13.1. The number of carbonyl (C=O) groups is 1. The van der Waals surface area contributed by atoms with Gasteiger partial charge in [0, 0.05) is 0 Å². The molecule has 1 unspecified atom stereocenters. The molecule has 0 saturated heterocycles. The zero-order chi connectivity index (χ0) is 16.3. The number of carbonyl (C=O) groups excluding carboxylic acids is 1. The van der Waals surface area contributed by atoms with Crippen LogP contribution >= 0.6 is 0 Å². The molecule has 7 heteroatoms. The van der Waals surface area contributed by atoms with Crippen LogP contribution in [0.5, 0.6) is 0 Å². The number of alkyl halides is 3. The van der Waals surface area contributed by atoms with Gasteiger partial charge in [0.05, 0.1) is 18.8 Å². The molecule has 0 amide bonds. The quantitative estimate of drug-likeness (QED) is 0.781. The van der Waals surface area contributed by atoms with Gasteiger partial charge in [-0.3, -0.25) is 4.68 Å². The van der Waals surface area contributed by atoms with Crippen molar-refractivity contribution < 1.29 is 22.7 Å². The van der Waals surface area contributed by atoms with Crippen LogP contribution < -0.4 is 0 Å². The van der Waals surface area contributed by atoms with Crippen molar-refractivity contribution in [3.8, 4) is 0 Å². The summed E-state index contributed by atoms with van der Waals surface area (Å²) in [6.45, 7) is 3.42. The molecule has 1 heterocycles. The zero-order valence-electron chi connectivity index (χ0n) is 12.8. The van der Waals surface area contributed by atoms with Gasteiger partial charge in [-0.1, -0.05) is 19.3 Å². The lowest BCUT2D eigenvalue weighted by Gasteiger charge is -2.28. The standard InChI is InChI=1S/C15H21F3N2O2/c1-3-22-14(21)13-12(15(16,17)18)9-19-20(13)10(2)11-7-5-4-6-8-11/h9-11H,3-8H2,1-2H3. The normalized spacial score (nSPS) is 18.2. The van der Waals surface area contributed by atoms with Gasteiger partial charge < -0.3 is 4.74 Å². The second-order valence-electron chi connectivity index (χ2n) is 5.71. The highest BCUT2D eigenvalue weighted by molar-refractivity contribution is 5.89. The zero-order valence-corrected chi connectivity index (χ0v) is 12.8. The average molecular weight is 318 g/mol. The van der Waals surface area contributed by atoms with E-state index in [0.29, 0.717) is 0 Å². The van der Waals surface area contributed by atoms with Crippen LogP contribution in [0.25, 0.3) is 0 Å². The molecule has 124 valence electrons. The molecular weight excluding hydrogens is 297 g/mol. The summed E-state index contributed by atoms with van der Waals surface area (Å²) < 4.78 is 45.3. The monoisotopic (exact) mass is 318 g/mol. The molecule has 0 bridgehead atoms. The van der Waals surface area contributed by atoms with Crippen molar-refractivity contribution >= 4 is 5.97 Å². The van der Waals surface area contributed by atoms with Crippen LogP contribution in [-0.2, 0) is 10.9 Å². The summed E-state index contributed by atoms with van der Waals surface area (Å²) in [4.78, 5) is 12.0. The van der Waals surface area contributed by atoms with Gasteiger partial charge in [0.1, 0.15) is 5.56 Å². The molecule has 1 aliphatic rings. The Morgan fingerprint density at radius 3 is 2.59 bits per heavy atom. The number of esters is 1. The molecule has 1 fully saturated rings. The summed E-state index contributed by atoms with van der Waals surface area (Å²) in [6.07, 6.45) is 1.29. The van der Waals surface area contributed by atoms with Crippen LogP contribution in [0.3, 0.4) is 0 Å². The number of nitrogens with zero attached hydrogens (tertiary/aromatic N) is 2. The van der Waals surface area contributed by atoms with Crippen LogP contribution in [0.4, 0.5) is 13.2 Å². The van der Waals surface area contributed by atoms with Crippen molar-refractivity contribution in [1.29, 1.82) is 0 Å². The Morgan fingerprint density at radius 1 is 1.41 bits per heavy atom. The van der Waals surface area contributed by atoms with Gasteiger partial charge >= 0.3 is 12.1 Å². The first-order chi connectivity index (χ1) is 10.4. The second kappa shape index (κ2) is 6.71. The Hall–Kier alpha value is -1.53. The molecule has 1 saturated carbocycles. The minimum Gasteiger partial charge on any atom is -0.461 e. The van der Waals surface area contributed by atoms with Gasteiger partial charge in [-0.25, -0.2) is 4.79 Å². The third-order valence-corrected chi connectivity index (χ3v) is 4.29. The van der Waals surface area contributed by atoms with E-state index in [1.165, 1.54) is 4.68 Å². The van der Waals surface area contributed by atoms with E-state index < -0.39 is 23.4 Å². The number of halogens is 3. The minimum atomic E-state index is -4.62. The first-order valence-corrected chi connectivity index (χ1v) is 7.68. The molecule has 22 heavy (non-hydrogen) atoms. The van der Waals surface area contributed by atoms with Crippen molar-refractivity contribution in [2.24, 2.45) is 5.92 Å². The van der Waals surface area contributed by atoms with E-state index in [4.69, 9.17) is 4.74 Å². The smallest absolute Gasteiger partial charge is 0.420 e. The van der Waals surface area contributed by atoms with Crippen molar-refractivity contribution in [1.82, 2.24) is 9.78 Å². The summed E-state index contributed by atoms with van der Waals surface area (Å²) in [5.74, 6) is -0.724. The Bertz CT molecular complexity index is 519. The third-order valence-electron chi connectivity index (χ3n) is 4.29. The Kier molecular flexibility index (Phi) is 5.13. The summed E-state index contributed by atoms with van der Waals surface area (Å²) in [7, 11) is 0. The van der Waals surface area contributed by atoms with Gasteiger partial charge in [0.15, 0.2) is 5.69 Å². The molecule has 0 N–H and O–H groups in total. The van der Waals surface area contributed by atoms with Gasteiger partial charge in [0.25, 0.3) is 0 Å². The molecule has 0 aliphatic heterocycles. The van der Waals surface area contributed by atoms with Crippen LogP contribution in [0, 0.1) is 5.92 Å². The summed E-state index contributed by atoms with van der Waals surface area (Å²) in [6, 6.07) is -0.254. The van der Waals surface area contributed by atoms with Crippen LogP contribution in [0.1, 0.15) is 68.0 Å². The Morgan fingerprint density at radius 2 is 2.05 bits per heavy atom. The van der Waals surface area contributed by atoms with Gasteiger partial charge in [-0.15, -0.1) is 0 Å². The fraction of sp³-hybridized carbons (Fsp3) is 0.733. The van der Waals surface area contributed by atoms with Crippen molar-refractivity contribution in [2.75, 3.05) is 6.61 Å². The summed E-state index contributed by atoms with van der Waals surface area (Å²) in [5, 5.41) is 3.86. The number of ether oxygens (including phenoxy) is 1. The first-order valence-electron chi connectivity index (χ1n) is 7.68. The van der Waals surface area contributed by atoms with Crippen LogP contribution in [-0.4, -0.2) is 22.4 Å². The molecule has 0 aromatic carbocycles. The molecule has 1 aromatic heterocycles. The van der Waals surface area contributed by atoms with Crippen molar-refractivity contribution in [3.05, 3.63) is 17.5 Å². The van der Waals surface area contributed by atoms with E-state index in [9.17, 15) is 18.0 Å². The molecular formula is C15H21F3N2O2. The maximum Gasteiger partial charge on any atom is 0.420 e. The Balaban J connectivity index is 2.37. The second-order valence-corrected chi connectivity index (χ2v) is 5.71. The van der Waals surface area contributed by atoms with E-state index in [2.05, 4.69) is 5.10 Å². The predicted octanol–water partition coefficient (Wildman–Crippen LogP) is 4.22. The highest BCUT2D eigenvalue weighted by Crippen LogP contribution is 2.37. The summed E-state index contributed by atoms with van der Waals surface area (Å²) >= 11 is 0. The fourth-order valence-electron chi connectivity index (χ4n) is 3.10. The molecule has 1 atom stereocenters. The molecule has 0 radical (unpaired) electrons. The maximum atomic E-state index is 13.1. The van der Waals surface area contributed by atoms with E-state index in [1.807, 2.05) is 6.92 Å². The number of rotatable bonds is 4. The highest BCUT2D eigenvalue weighted by Gasteiger charge is 2.40. The fourth-order valence-corrected chi connectivity index (χ4v) is 3.10. The van der Waals surface area contributed by atoms with E-state index in [-0.39, 0.29) is 18.6 Å². The molecule has 2 rings (SSSR count). The lowest BCUT2D eigenvalue weighted by Crippen LogP contribution is -2.25. The largest absolute Gasteiger partial charge is 0.461 e. The summed E-state index contributed by atoms with van der Waals surface area (Å²) in [5.41, 5.74) is -1.50. The van der Waals surface area contributed by atoms with Gasteiger partial charge in [-0.05, 0) is 32.6 Å². The SMILES string of the molecule is CCOC(=O)c1c(C(F)(F)F)cnn1C(C)C1CCCCC1. The van der Waals surface area contributed by atoms with Crippen molar-refractivity contribution in [2.45, 2.75) is 58.2 Å². The topological polar surface area (TPSA) is 44.1 Å².